The summed E-state index contributed by atoms with van der Waals surface area (Å²) >= 11 is 0. The Morgan fingerprint density at radius 2 is 1.81 bits per heavy atom. The summed E-state index contributed by atoms with van der Waals surface area (Å²) in [6, 6.07) is 0. The van der Waals surface area contributed by atoms with Crippen molar-refractivity contribution in [1.29, 1.82) is 0 Å². The summed E-state index contributed by atoms with van der Waals surface area (Å²) in [5.41, 5.74) is 0. The molecule has 0 heterocycles. The van der Waals surface area contributed by atoms with E-state index in [-0.39, 0.29) is 5.97 Å². The highest BCUT2D eigenvalue weighted by Crippen LogP contribution is 2.29. The molecule has 0 aromatic heterocycles. The van der Waals surface area contributed by atoms with Crippen molar-refractivity contribution in [2.75, 3.05) is 6.61 Å². The van der Waals surface area contributed by atoms with E-state index in [0.717, 1.165) is 12.3 Å². The normalized spacial score (nSPS) is 16.6. The van der Waals surface area contributed by atoms with Crippen LogP contribution < -0.4 is 0 Å². The Morgan fingerprint density at radius 1 is 1.12 bits per heavy atom. The Bertz CT molecular complexity index is 183. The van der Waals surface area contributed by atoms with Crippen molar-refractivity contribution < 1.29 is 9.53 Å². The van der Waals surface area contributed by atoms with E-state index in [9.17, 15) is 4.79 Å². The van der Waals surface area contributed by atoms with E-state index in [2.05, 4.69) is 0 Å². The molecule has 0 radical (unpaired) electrons. The fourth-order valence-electron chi connectivity index (χ4n) is 2.59. The largest absolute Gasteiger partial charge is 0.466 e. The second-order valence-corrected chi connectivity index (χ2v) is 4.91. The molecule has 1 fully saturated rings. The van der Waals surface area contributed by atoms with Crippen LogP contribution in [-0.4, -0.2) is 12.6 Å². The molecule has 0 aromatic carbocycles. The predicted molar refractivity (Wildman–Crippen MR) is 66.3 cm³/mol. The average Bonchev–Trinajstić information content (AvgIpc) is 2.76. The van der Waals surface area contributed by atoms with E-state index in [4.69, 9.17) is 4.74 Å². The van der Waals surface area contributed by atoms with Crippen molar-refractivity contribution in [1.82, 2.24) is 0 Å². The van der Waals surface area contributed by atoms with Gasteiger partial charge in [-0.05, 0) is 19.3 Å². The summed E-state index contributed by atoms with van der Waals surface area (Å²) in [4.78, 5) is 11.1. The van der Waals surface area contributed by atoms with E-state index in [1.807, 2.05) is 6.92 Å². The van der Waals surface area contributed by atoms with Gasteiger partial charge in [0.25, 0.3) is 0 Å². The van der Waals surface area contributed by atoms with Crippen molar-refractivity contribution in [3.05, 3.63) is 0 Å². The number of carbonyl (C=O) groups excluding carboxylic acids is 1. The maximum Gasteiger partial charge on any atom is 0.305 e. The van der Waals surface area contributed by atoms with E-state index < -0.39 is 0 Å². The molecule has 0 saturated heterocycles. The molecule has 16 heavy (non-hydrogen) atoms. The summed E-state index contributed by atoms with van der Waals surface area (Å²) in [6.07, 6.45) is 12.7. The van der Waals surface area contributed by atoms with Crippen LogP contribution in [0.25, 0.3) is 0 Å². The van der Waals surface area contributed by atoms with Crippen LogP contribution >= 0.6 is 0 Å². The quantitative estimate of drug-likeness (QED) is 0.460. The molecule has 1 aliphatic carbocycles. The molecule has 0 aliphatic heterocycles. The highest BCUT2D eigenvalue weighted by Gasteiger charge is 2.13. The molecular weight excluding hydrogens is 200 g/mol. The predicted octanol–water partition coefficient (Wildman–Crippen LogP) is 4.08. The molecular formula is C14H26O2. The molecule has 1 rings (SSSR count). The Labute approximate surface area is 99.8 Å². The summed E-state index contributed by atoms with van der Waals surface area (Å²) in [5.74, 6) is 0.989. The van der Waals surface area contributed by atoms with Gasteiger partial charge in [-0.3, -0.25) is 4.79 Å². The fourth-order valence-corrected chi connectivity index (χ4v) is 2.59. The number of unbranched alkanes of at least 4 members (excludes halogenated alkanes) is 3. The first-order chi connectivity index (χ1) is 7.83. The van der Waals surface area contributed by atoms with Gasteiger partial charge in [0.15, 0.2) is 0 Å². The first kappa shape index (κ1) is 13.5. The molecule has 0 spiro atoms. The van der Waals surface area contributed by atoms with Gasteiger partial charge in [-0.1, -0.05) is 51.4 Å². The molecule has 0 bridgehead atoms. The molecule has 0 amide bonds. The summed E-state index contributed by atoms with van der Waals surface area (Å²) in [5, 5.41) is 0. The minimum absolute atomic E-state index is 0.0294. The second kappa shape index (κ2) is 8.60. The standard InChI is InChI=1S/C14H26O2/c1-2-16-14(15)12-6-4-3-5-9-13-10-7-8-11-13/h13H,2-12H2,1H3. The van der Waals surface area contributed by atoms with Crippen LogP contribution in [-0.2, 0) is 9.53 Å². The van der Waals surface area contributed by atoms with Crippen molar-refractivity contribution in [3.8, 4) is 0 Å². The first-order valence-electron chi connectivity index (χ1n) is 6.98. The maximum absolute atomic E-state index is 11.1. The Balaban J connectivity index is 1.82. The summed E-state index contributed by atoms with van der Waals surface area (Å²) < 4.78 is 4.89. The van der Waals surface area contributed by atoms with E-state index in [1.54, 1.807) is 0 Å². The lowest BCUT2D eigenvalue weighted by Gasteiger charge is -2.07. The van der Waals surface area contributed by atoms with E-state index in [1.165, 1.54) is 51.4 Å². The second-order valence-electron chi connectivity index (χ2n) is 4.91. The van der Waals surface area contributed by atoms with Crippen LogP contribution in [0.3, 0.4) is 0 Å². The van der Waals surface area contributed by atoms with Crippen molar-refractivity contribution >= 4 is 5.97 Å². The van der Waals surface area contributed by atoms with Gasteiger partial charge in [-0.15, -0.1) is 0 Å². The zero-order chi connectivity index (χ0) is 11.6. The summed E-state index contributed by atoms with van der Waals surface area (Å²) in [7, 11) is 0. The number of hydrogen-bond donors (Lipinski definition) is 0. The minimum atomic E-state index is -0.0294. The smallest absolute Gasteiger partial charge is 0.305 e. The molecule has 2 heteroatoms. The minimum Gasteiger partial charge on any atom is -0.466 e. The van der Waals surface area contributed by atoms with Gasteiger partial charge in [0.05, 0.1) is 6.61 Å². The third-order valence-electron chi connectivity index (χ3n) is 3.52. The van der Waals surface area contributed by atoms with Crippen LogP contribution in [0, 0.1) is 5.92 Å². The van der Waals surface area contributed by atoms with Crippen LogP contribution in [0.2, 0.25) is 0 Å². The lowest BCUT2D eigenvalue weighted by molar-refractivity contribution is -0.143. The van der Waals surface area contributed by atoms with Gasteiger partial charge in [0, 0.05) is 6.42 Å². The highest BCUT2D eigenvalue weighted by atomic mass is 16.5. The number of rotatable bonds is 8. The zero-order valence-corrected chi connectivity index (χ0v) is 10.7. The number of esters is 1. The number of hydrogen-bond acceptors (Lipinski definition) is 2. The molecule has 0 N–H and O–H groups in total. The SMILES string of the molecule is CCOC(=O)CCCCCCC1CCCC1. The molecule has 0 unspecified atom stereocenters. The Hall–Kier alpha value is -0.530. The Kier molecular flexibility index (Phi) is 7.28. The van der Waals surface area contributed by atoms with E-state index >= 15 is 0 Å². The van der Waals surface area contributed by atoms with Crippen molar-refractivity contribution in [3.63, 3.8) is 0 Å². The van der Waals surface area contributed by atoms with Gasteiger partial charge in [-0.25, -0.2) is 0 Å². The molecule has 94 valence electrons. The lowest BCUT2D eigenvalue weighted by atomic mass is 9.99. The topological polar surface area (TPSA) is 26.3 Å². The number of ether oxygens (including phenoxy) is 1. The lowest BCUT2D eigenvalue weighted by Crippen LogP contribution is -2.03. The van der Waals surface area contributed by atoms with Gasteiger partial charge in [-0.2, -0.15) is 0 Å². The molecule has 0 aromatic rings. The van der Waals surface area contributed by atoms with Gasteiger partial charge < -0.3 is 4.74 Å². The third kappa shape index (κ3) is 6.14. The zero-order valence-electron chi connectivity index (χ0n) is 10.7. The van der Waals surface area contributed by atoms with Gasteiger partial charge in [0.2, 0.25) is 0 Å². The van der Waals surface area contributed by atoms with Crippen molar-refractivity contribution in [2.45, 2.75) is 71.1 Å². The third-order valence-corrected chi connectivity index (χ3v) is 3.52. The fraction of sp³-hybridized carbons (Fsp3) is 0.929. The summed E-state index contributed by atoms with van der Waals surface area (Å²) in [6.45, 7) is 2.38. The molecule has 0 atom stereocenters. The highest BCUT2D eigenvalue weighted by molar-refractivity contribution is 5.69. The van der Waals surface area contributed by atoms with Crippen LogP contribution in [0.4, 0.5) is 0 Å². The van der Waals surface area contributed by atoms with Crippen LogP contribution in [0.15, 0.2) is 0 Å². The molecule has 1 saturated carbocycles. The van der Waals surface area contributed by atoms with Gasteiger partial charge >= 0.3 is 5.97 Å². The maximum atomic E-state index is 11.1. The Morgan fingerprint density at radius 3 is 2.50 bits per heavy atom. The molecule has 2 nitrogen and oxygen atoms in total. The molecule has 1 aliphatic rings. The van der Waals surface area contributed by atoms with Gasteiger partial charge in [0.1, 0.15) is 0 Å². The van der Waals surface area contributed by atoms with Crippen LogP contribution in [0.1, 0.15) is 71.1 Å². The monoisotopic (exact) mass is 226 g/mol. The van der Waals surface area contributed by atoms with Crippen molar-refractivity contribution in [2.24, 2.45) is 5.92 Å². The average molecular weight is 226 g/mol. The first-order valence-corrected chi connectivity index (χ1v) is 6.98. The number of carbonyl (C=O) groups is 1. The van der Waals surface area contributed by atoms with E-state index in [0.29, 0.717) is 13.0 Å². The van der Waals surface area contributed by atoms with Crippen LogP contribution in [0.5, 0.6) is 0 Å².